The van der Waals surface area contributed by atoms with E-state index in [4.69, 9.17) is 21.1 Å². The van der Waals surface area contributed by atoms with Crippen molar-refractivity contribution in [3.05, 3.63) is 97.0 Å². The first kappa shape index (κ1) is 23.2. The number of esters is 1. The Morgan fingerprint density at radius 1 is 1.03 bits per heavy atom. The first-order valence-corrected chi connectivity index (χ1v) is 9.54. The normalized spacial score (nSPS) is 10.6. The number of nitrogens with one attached hydrogen (secondary N) is 1. The van der Waals surface area contributed by atoms with E-state index < -0.39 is 27.2 Å². The van der Waals surface area contributed by atoms with Gasteiger partial charge in [-0.3, -0.25) is 25.7 Å². The zero-order valence-electron chi connectivity index (χ0n) is 16.9. The molecule has 0 amide bonds. The number of ether oxygens (including phenoxy) is 2. The zero-order valence-corrected chi connectivity index (χ0v) is 17.7. The molecule has 3 aromatic rings. The van der Waals surface area contributed by atoms with E-state index in [9.17, 15) is 25.0 Å². The summed E-state index contributed by atoms with van der Waals surface area (Å²) in [5, 5.41) is 26.0. The molecule has 0 fully saturated rings. The Bertz CT molecular complexity index is 1250. The summed E-state index contributed by atoms with van der Waals surface area (Å²) in [6.45, 7) is 0. The van der Waals surface area contributed by atoms with Gasteiger partial charge in [0, 0.05) is 6.07 Å². The number of hydrogen-bond acceptors (Lipinski definition) is 9. The predicted octanol–water partition coefficient (Wildman–Crippen LogP) is 4.83. The Morgan fingerprint density at radius 3 is 2.36 bits per heavy atom. The van der Waals surface area contributed by atoms with Crippen LogP contribution in [0.25, 0.3) is 0 Å². The first-order valence-electron chi connectivity index (χ1n) is 9.16. The highest BCUT2D eigenvalue weighted by Gasteiger charge is 2.19. The van der Waals surface area contributed by atoms with Crippen LogP contribution in [0, 0.1) is 20.2 Å². The third-order valence-electron chi connectivity index (χ3n) is 4.27. The van der Waals surface area contributed by atoms with E-state index in [0.717, 1.165) is 12.1 Å². The quantitative estimate of drug-likeness (QED) is 0.162. The van der Waals surface area contributed by atoms with E-state index in [2.05, 4.69) is 10.5 Å². The lowest BCUT2D eigenvalue weighted by Crippen LogP contribution is -2.08. The number of halogens is 1. The molecule has 33 heavy (non-hydrogen) atoms. The number of anilines is 1. The van der Waals surface area contributed by atoms with Gasteiger partial charge in [-0.25, -0.2) is 4.79 Å². The highest BCUT2D eigenvalue weighted by molar-refractivity contribution is 6.32. The van der Waals surface area contributed by atoms with Crippen molar-refractivity contribution in [1.82, 2.24) is 0 Å². The van der Waals surface area contributed by atoms with Gasteiger partial charge in [-0.05, 0) is 54.1 Å². The lowest BCUT2D eigenvalue weighted by atomic mass is 10.2. The number of rotatable bonds is 8. The van der Waals surface area contributed by atoms with Crippen LogP contribution in [0.4, 0.5) is 17.1 Å². The number of nitro benzene ring substituents is 2. The number of benzene rings is 3. The molecule has 168 valence electrons. The summed E-state index contributed by atoms with van der Waals surface area (Å²) in [6.07, 6.45) is 1.33. The number of nitro groups is 2. The number of carbonyl (C=O) groups is 1. The second-order valence-corrected chi connectivity index (χ2v) is 6.80. The molecule has 0 unspecified atom stereocenters. The molecule has 0 saturated heterocycles. The van der Waals surface area contributed by atoms with Crippen molar-refractivity contribution >= 4 is 40.8 Å². The number of carbonyl (C=O) groups excluding carboxylic acids is 1. The summed E-state index contributed by atoms with van der Waals surface area (Å²) in [6, 6.07) is 14.0. The van der Waals surface area contributed by atoms with Gasteiger partial charge in [-0.1, -0.05) is 11.6 Å². The van der Waals surface area contributed by atoms with Crippen LogP contribution < -0.4 is 14.9 Å². The van der Waals surface area contributed by atoms with Crippen molar-refractivity contribution in [2.45, 2.75) is 0 Å². The summed E-state index contributed by atoms with van der Waals surface area (Å²) in [4.78, 5) is 32.8. The van der Waals surface area contributed by atoms with Crippen LogP contribution in [0.2, 0.25) is 5.02 Å². The van der Waals surface area contributed by atoms with Crippen molar-refractivity contribution in [2.75, 3.05) is 12.5 Å². The number of hydrogen-bond donors (Lipinski definition) is 1. The maximum Gasteiger partial charge on any atom is 0.343 e. The fraction of sp³-hybridized carbons (Fsp3) is 0.0476. The highest BCUT2D eigenvalue weighted by atomic mass is 35.5. The van der Waals surface area contributed by atoms with E-state index in [-0.39, 0.29) is 16.5 Å². The fourth-order valence-corrected chi connectivity index (χ4v) is 2.85. The minimum absolute atomic E-state index is 0.0296. The standard InChI is InChI=1S/C21H15ClN4O7/c1-32-16-6-3-14(4-7-16)21(27)33-20-9-2-13(10-17(20)22)12-23-24-18-8-5-15(25(28)29)11-19(18)26(30)31/h2-12,24H,1H3/b23-12-. The molecule has 3 aromatic carbocycles. The van der Waals surface area contributed by atoms with Gasteiger partial charge >= 0.3 is 11.7 Å². The van der Waals surface area contributed by atoms with E-state index in [1.807, 2.05) is 0 Å². The Balaban J connectivity index is 1.69. The molecular formula is C21H15ClN4O7. The molecular weight excluding hydrogens is 456 g/mol. The van der Waals surface area contributed by atoms with Gasteiger partial charge in [-0.2, -0.15) is 5.10 Å². The van der Waals surface area contributed by atoms with Crippen molar-refractivity contribution in [2.24, 2.45) is 5.10 Å². The molecule has 11 nitrogen and oxygen atoms in total. The predicted molar refractivity (Wildman–Crippen MR) is 120 cm³/mol. The summed E-state index contributed by atoms with van der Waals surface area (Å²) < 4.78 is 10.3. The van der Waals surface area contributed by atoms with Crippen LogP contribution in [0.3, 0.4) is 0 Å². The molecule has 0 spiro atoms. The molecule has 0 aliphatic rings. The van der Waals surface area contributed by atoms with Gasteiger partial charge in [0.15, 0.2) is 0 Å². The average Bonchev–Trinajstić information content (AvgIpc) is 2.80. The smallest absolute Gasteiger partial charge is 0.343 e. The Kier molecular flexibility index (Phi) is 7.16. The Hall–Kier alpha value is -4.51. The molecule has 3 rings (SSSR count). The first-order chi connectivity index (χ1) is 15.8. The molecule has 0 radical (unpaired) electrons. The van der Waals surface area contributed by atoms with E-state index in [1.165, 1.54) is 31.5 Å². The van der Waals surface area contributed by atoms with Crippen LogP contribution in [0.1, 0.15) is 15.9 Å². The van der Waals surface area contributed by atoms with Crippen LogP contribution in [0.5, 0.6) is 11.5 Å². The van der Waals surface area contributed by atoms with Crippen LogP contribution in [-0.4, -0.2) is 29.1 Å². The van der Waals surface area contributed by atoms with Crippen LogP contribution in [0.15, 0.2) is 65.8 Å². The van der Waals surface area contributed by atoms with E-state index in [0.29, 0.717) is 16.9 Å². The molecule has 0 atom stereocenters. The Morgan fingerprint density at radius 2 is 1.76 bits per heavy atom. The largest absolute Gasteiger partial charge is 0.497 e. The highest BCUT2D eigenvalue weighted by Crippen LogP contribution is 2.29. The molecule has 0 aliphatic heterocycles. The molecule has 12 heteroatoms. The maximum atomic E-state index is 12.3. The molecule has 0 saturated carbocycles. The van der Waals surface area contributed by atoms with Gasteiger partial charge in [-0.15, -0.1) is 0 Å². The maximum absolute atomic E-state index is 12.3. The van der Waals surface area contributed by atoms with Gasteiger partial charge in [0.25, 0.3) is 5.69 Å². The lowest BCUT2D eigenvalue weighted by Gasteiger charge is -2.07. The number of hydrazone groups is 1. The second-order valence-electron chi connectivity index (χ2n) is 6.39. The van der Waals surface area contributed by atoms with Gasteiger partial charge < -0.3 is 9.47 Å². The van der Waals surface area contributed by atoms with Gasteiger partial charge in [0.2, 0.25) is 0 Å². The fourth-order valence-electron chi connectivity index (χ4n) is 2.62. The minimum Gasteiger partial charge on any atom is -0.497 e. The van der Waals surface area contributed by atoms with Crippen LogP contribution >= 0.6 is 11.6 Å². The van der Waals surface area contributed by atoms with Crippen LogP contribution in [-0.2, 0) is 0 Å². The topological polar surface area (TPSA) is 146 Å². The van der Waals surface area contributed by atoms with Crippen molar-refractivity contribution < 1.29 is 24.1 Å². The average molecular weight is 471 g/mol. The third-order valence-corrected chi connectivity index (χ3v) is 4.57. The number of non-ortho nitro benzene ring substituents is 1. The van der Waals surface area contributed by atoms with Gasteiger partial charge in [0.05, 0.1) is 39.8 Å². The van der Waals surface area contributed by atoms with Crippen molar-refractivity contribution in [3.8, 4) is 11.5 Å². The van der Waals surface area contributed by atoms with E-state index in [1.54, 1.807) is 30.3 Å². The zero-order chi connectivity index (χ0) is 24.0. The summed E-state index contributed by atoms with van der Waals surface area (Å²) in [5.74, 6) is 0.127. The van der Waals surface area contributed by atoms with Crippen molar-refractivity contribution in [3.63, 3.8) is 0 Å². The van der Waals surface area contributed by atoms with E-state index >= 15 is 0 Å². The summed E-state index contributed by atoms with van der Waals surface area (Å²) in [7, 11) is 1.51. The SMILES string of the molecule is COc1ccc(C(=O)Oc2ccc(/C=N\Nc3ccc([N+](=O)[O-])cc3[N+](=O)[O-])cc2Cl)cc1. The molecule has 0 heterocycles. The lowest BCUT2D eigenvalue weighted by molar-refractivity contribution is -0.393. The second kappa shape index (κ2) is 10.2. The Labute approximate surface area is 191 Å². The molecule has 0 bridgehead atoms. The number of nitrogens with zero attached hydrogens (tertiary/aromatic N) is 3. The number of methoxy groups -OCH3 is 1. The van der Waals surface area contributed by atoms with Gasteiger partial charge in [0.1, 0.15) is 17.2 Å². The third kappa shape index (κ3) is 5.80. The molecule has 1 N–H and O–H groups in total. The monoisotopic (exact) mass is 470 g/mol. The summed E-state index contributed by atoms with van der Waals surface area (Å²) in [5.41, 5.74) is 2.34. The minimum atomic E-state index is -0.756. The van der Waals surface area contributed by atoms with Crippen molar-refractivity contribution in [1.29, 1.82) is 0 Å². The molecule has 0 aromatic heterocycles. The summed E-state index contributed by atoms with van der Waals surface area (Å²) >= 11 is 6.19. The molecule has 0 aliphatic carbocycles.